The summed E-state index contributed by atoms with van der Waals surface area (Å²) in [6.45, 7) is -0.178. The molecule has 23 heavy (non-hydrogen) atoms. The number of aromatic amines is 1. The molecule has 0 amide bonds. The molecule has 2 aromatic rings. The number of aromatic nitrogens is 2. The van der Waals surface area contributed by atoms with Crippen molar-refractivity contribution in [2.45, 2.75) is 6.54 Å². The fourth-order valence-corrected chi connectivity index (χ4v) is 1.83. The van der Waals surface area contributed by atoms with Crippen LogP contribution in [0.4, 0.5) is 0 Å². The van der Waals surface area contributed by atoms with Gasteiger partial charge in [-0.2, -0.15) is 0 Å². The number of carboxylic acid groups (broad SMARTS) is 2. The van der Waals surface area contributed by atoms with Crippen molar-refractivity contribution in [2.24, 2.45) is 0 Å². The van der Waals surface area contributed by atoms with Crippen LogP contribution in [-0.4, -0.2) is 32.1 Å². The molecule has 0 aliphatic rings. The van der Waals surface area contributed by atoms with Gasteiger partial charge >= 0.3 is 41.2 Å². The minimum Gasteiger partial charge on any atom is -0.543 e. The summed E-state index contributed by atoms with van der Waals surface area (Å²) in [6.07, 6.45) is 0. The molecule has 0 aliphatic carbocycles. The Hall–Kier alpha value is -2.20. The molecule has 0 saturated heterocycles. The Morgan fingerprint density at radius 2 is 1.74 bits per heavy atom. The van der Waals surface area contributed by atoms with Crippen LogP contribution in [0.1, 0.15) is 26.4 Å². The van der Waals surface area contributed by atoms with E-state index in [9.17, 15) is 24.3 Å². The molecule has 0 fully saturated rings. The van der Waals surface area contributed by atoms with E-state index in [-0.39, 0.29) is 41.6 Å². The molecule has 2 rings (SSSR count). The molecule has 10 heteroatoms. The second-order valence-corrected chi connectivity index (χ2v) is 4.15. The third kappa shape index (κ3) is 4.39. The summed E-state index contributed by atoms with van der Waals surface area (Å²) in [5.41, 5.74) is -3.71. The fraction of sp³-hybridized carbons (Fsp3) is 0.0769. The minimum absolute atomic E-state index is 0. The van der Waals surface area contributed by atoms with Crippen molar-refractivity contribution in [2.75, 3.05) is 0 Å². The molecule has 0 radical (unpaired) electrons. The molecule has 0 spiro atoms. The van der Waals surface area contributed by atoms with E-state index >= 15 is 0 Å². The van der Waals surface area contributed by atoms with Crippen molar-refractivity contribution >= 4 is 11.9 Å². The van der Waals surface area contributed by atoms with E-state index in [0.717, 1.165) is 0 Å². The van der Waals surface area contributed by atoms with Crippen molar-refractivity contribution in [3.8, 4) is 0 Å². The van der Waals surface area contributed by atoms with E-state index in [1.54, 1.807) is 30.3 Å². The van der Waals surface area contributed by atoms with Crippen molar-refractivity contribution in [1.82, 2.24) is 9.55 Å². The van der Waals surface area contributed by atoms with E-state index in [0.29, 0.717) is 10.1 Å². The summed E-state index contributed by atoms with van der Waals surface area (Å²) < 4.78 is 0.616. The minimum atomic E-state index is -1.94. The Morgan fingerprint density at radius 3 is 2.22 bits per heavy atom. The SMILES string of the molecule is O.O=C([O-])c1[nH]c(=O)n(Cc2ccccc2)c(=O)c1C(=O)O.[Na+]. The van der Waals surface area contributed by atoms with Crippen molar-refractivity contribution < 1.29 is 54.8 Å². The van der Waals surface area contributed by atoms with Gasteiger partial charge in [-0.05, 0) is 5.56 Å². The van der Waals surface area contributed by atoms with Gasteiger partial charge in [0.2, 0.25) is 0 Å². The first-order valence-electron chi connectivity index (χ1n) is 5.77. The number of aromatic carboxylic acids is 2. The van der Waals surface area contributed by atoms with E-state index < -0.39 is 34.4 Å². The fourth-order valence-electron chi connectivity index (χ4n) is 1.83. The smallest absolute Gasteiger partial charge is 0.543 e. The van der Waals surface area contributed by atoms with Crippen LogP contribution in [-0.2, 0) is 6.54 Å². The molecule has 1 heterocycles. The zero-order chi connectivity index (χ0) is 15.6. The second-order valence-electron chi connectivity index (χ2n) is 4.15. The van der Waals surface area contributed by atoms with Crippen molar-refractivity contribution in [3.05, 3.63) is 68.0 Å². The number of H-pyrrole nitrogens is 1. The van der Waals surface area contributed by atoms with E-state index in [2.05, 4.69) is 0 Å². The molecule has 1 aromatic heterocycles. The molecular weight excluding hydrogens is 319 g/mol. The van der Waals surface area contributed by atoms with Gasteiger partial charge in [0.1, 0.15) is 0 Å². The quantitative estimate of drug-likeness (QED) is 0.532. The van der Waals surface area contributed by atoms with Crippen LogP contribution >= 0.6 is 0 Å². The molecule has 4 N–H and O–H groups in total. The number of carbonyl (C=O) groups excluding carboxylic acids is 1. The number of hydrogen-bond acceptors (Lipinski definition) is 5. The van der Waals surface area contributed by atoms with Gasteiger partial charge < -0.3 is 25.5 Å². The summed E-state index contributed by atoms with van der Waals surface area (Å²) >= 11 is 0. The van der Waals surface area contributed by atoms with Crippen LogP contribution in [0.5, 0.6) is 0 Å². The third-order valence-electron chi connectivity index (χ3n) is 2.79. The van der Waals surface area contributed by atoms with Gasteiger partial charge in [0.05, 0.1) is 18.2 Å². The average Bonchev–Trinajstić information content (AvgIpc) is 2.43. The molecule has 1 aromatic carbocycles. The van der Waals surface area contributed by atoms with Crippen LogP contribution in [0.15, 0.2) is 39.9 Å². The summed E-state index contributed by atoms with van der Waals surface area (Å²) in [5, 5.41) is 19.8. The molecule has 0 unspecified atom stereocenters. The topological polar surface area (TPSA) is 164 Å². The number of rotatable bonds is 4. The largest absolute Gasteiger partial charge is 1.00 e. The standard InChI is InChI=1S/C13H10N2O6.Na.H2O/c16-10-8(11(17)18)9(12(19)20)14-13(21)15(10)6-7-4-2-1-3-5-7;;/h1-5H,6H2,(H,14,21)(H,17,18)(H,19,20);;1H2/q;+1;/p-1. The monoisotopic (exact) mass is 330 g/mol. The first-order chi connectivity index (χ1) is 9.91. The summed E-state index contributed by atoms with van der Waals surface area (Å²) in [7, 11) is 0. The van der Waals surface area contributed by atoms with Crippen LogP contribution in [0.2, 0.25) is 0 Å². The van der Waals surface area contributed by atoms with Gasteiger partial charge in [-0.15, -0.1) is 0 Å². The number of nitrogens with one attached hydrogen (secondary N) is 1. The average molecular weight is 330 g/mol. The Bertz CT molecular complexity index is 826. The van der Waals surface area contributed by atoms with E-state index in [4.69, 9.17) is 5.11 Å². The Kier molecular flexibility index (Phi) is 7.63. The van der Waals surface area contributed by atoms with Gasteiger partial charge in [-0.1, -0.05) is 30.3 Å². The number of hydrogen-bond donors (Lipinski definition) is 2. The summed E-state index contributed by atoms with van der Waals surface area (Å²) in [6, 6.07) is 8.38. The number of nitrogens with zero attached hydrogens (tertiary/aromatic N) is 1. The van der Waals surface area contributed by atoms with Gasteiger partial charge in [0, 0.05) is 0 Å². The van der Waals surface area contributed by atoms with E-state index in [1.165, 1.54) is 0 Å². The predicted octanol–water partition coefficient (Wildman–Crippen LogP) is -5.17. The normalized spacial score (nSPS) is 9.39. The number of carbonyl (C=O) groups is 2. The first-order valence-corrected chi connectivity index (χ1v) is 5.77. The van der Waals surface area contributed by atoms with Gasteiger partial charge in [0.25, 0.3) is 5.56 Å². The number of benzene rings is 1. The zero-order valence-electron chi connectivity index (χ0n) is 12.0. The molecular formula is C13H11N2NaO7. The van der Waals surface area contributed by atoms with Gasteiger partial charge in [0.15, 0.2) is 5.56 Å². The van der Waals surface area contributed by atoms with Crippen LogP contribution in [0.25, 0.3) is 0 Å². The van der Waals surface area contributed by atoms with Crippen LogP contribution < -0.4 is 45.9 Å². The number of carboxylic acids is 2. The molecule has 116 valence electrons. The Labute approximate surface area is 150 Å². The maximum absolute atomic E-state index is 12.0. The molecule has 0 atom stereocenters. The summed E-state index contributed by atoms with van der Waals surface area (Å²) in [5.74, 6) is -3.69. The zero-order valence-corrected chi connectivity index (χ0v) is 14.0. The molecule has 9 nitrogen and oxygen atoms in total. The third-order valence-corrected chi connectivity index (χ3v) is 2.79. The second kappa shape index (κ2) is 8.44. The molecule has 0 saturated carbocycles. The molecule has 0 aliphatic heterocycles. The maximum atomic E-state index is 12.0. The first kappa shape index (κ1) is 20.8. The van der Waals surface area contributed by atoms with E-state index in [1.807, 2.05) is 4.98 Å². The maximum Gasteiger partial charge on any atom is 1.00 e. The van der Waals surface area contributed by atoms with Gasteiger partial charge in [-0.3, -0.25) is 9.36 Å². The van der Waals surface area contributed by atoms with Crippen LogP contribution in [0.3, 0.4) is 0 Å². The van der Waals surface area contributed by atoms with Crippen molar-refractivity contribution in [3.63, 3.8) is 0 Å². The summed E-state index contributed by atoms with van der Waals surface area (Å²) in [4.78, 5) is 47.5. The van der Waals surface area contributed by atoms with Crippen LogP contribution in [0, 0.1) is 0 Å². The predicted molar refractivity (Wildman–Crippen MR) is 71.8 cm³/mol. The molecule has 0 bridgehead atoms. The van der Waals surface area contributed by atoms with Crippen molar-refractivity contribution in [1.29, 1.82) is 0 Å². The Morgan fingerprint density at radius 1 is 1.17 bits per heavy atom. The Balaban J connectivity index is 0.00000242. The van der Waals surface area contributed by atoms with Gasteiger partial charge in [-0.25, -0.2) is 9.59 Å².